The monoisotopic (exact) mass is 442 g/mol. The smallest absolute Gasteiger partial charge is 0.0659 e. The summed E-state index contributed by atoms with van der Waals surface area (Å²) in [5.41, 5.74) is 7.86. The summed E-state index contributed by atoms with van der Waals surface area (Å²) < 4.78 is 0. The molecule has 0 amide bonds. The van der Waals surface area contributed by atoms with Crippen LogP contribution in [0.15, 0.2) is 48.5 Å². The summed E-state index contributed by atoms with van der Waals surface area (Å²) in [7, 11) is 0. The van der Waals surface area contributed by atoms with E-state index in [4.69, 9.17) is 0 Å². The van der Waals surface area contributed by atoms with Crippen molar-refractivity contribution in [3.63, 3.8) is 0 Å². The molecule has 0 spiro atoms. The first-order valence-corrected chi connectivity index (χ1v) is 7.85. The summed E-state index contributed by atoms with van der Waals surface area (Å²) in [4.78, 5) is 16.0. The molecule has 5 heterocycles. The average Bonchev–Trinajstić information content (AvgIpc) is 3.32. The third-order valence-electron chi connectivity index (χ3n) is 4.04. The van der Waals surface area contributed by atoms with Gasteiger partial charge in [-0.1, -0.05) is 0 Å². The SMILES string of the molecule is C1=Cc2cc3ccc(cc4ccc(cc5nc(cc1n2)C=C5)[nH]4)[nH]3.[Cu].[Ga]. The molecule has 2 aliphatic heterocycles. The van der Waals surface area contributed by atoms with Crippen molar-refractivity contribution in [1.29, 1.82) is 0 Å². The molecule has 4 nitrogen and oxygen atoms in total. The molecule has 5 rings (SSSR count). The van der Waals surface area contributed by atoms with Gasteiger partial charge in [0.05, 0.1) is 22.8 Å². The van der Waals surface area contributed by atoms with Crippen molar-refractivity contribution in [2.45, 2.75) is 0 Å². The first kappa shape index (κ1) is 18.5. The van der Waals surface area contributed by atoms with Crippen molar-refractivity contribution in [3.8, 4) is 0 Å². The third kappa shape index (κ3) is 3.79. The Morgan fingerprint density at radius 3 is 1.27 bits per heavy atom. The first-order valence-electron chi connectivity index (χ1n) is 7.85. The van der Waals surface area contributed by atoms with E-state index in [2.05, 4.69) is 50.3 Å². The van der Waals surface area contributed by atoms with Crippen molar-refractivity contribution in [2.24, 2.45) is 0 Å². The summed E-state index contributed by atoms with van der Waals surface area (Å²) in [6.45, 7) is 0. The molecule has 128 valence electrons. The van der Waals surface area contributed by atoms with E-state index in [1.165, 1.54) is 0 Å². The molecular weight excluding hydrogens is 430 g/mol. The minimum absolute atomic E-state index is 0. The molecule has 6 heteroatoms. The Morgan fingerprint density at radius 2 is 0.846 bits per heavy atom. The van der Waals surface area contributed by atoms with E-state index in [1.807, 2.05) is 42.5 Å². The van der Waals surface area contributed by atoms with Gasteiger partial charge in [0.1, 0.15) is 0 Å². The van der Waals surface area contributed by atoms with Gasteiger partial charge in [0.25, 0.3) is 0 Å². The fourth-order valence-electron chi connectivity index (χ4n) is 2.94. The van der Waals surface area contributed by atoms with Crippen LogP contribution in [0.25, 0.3) is 46.4 Å². The average molecular weight is 444 g/mol. The molecule has 8 bridgehead atoms. The van der Waals surface area contributed by atoms with Crippen LogP contribution < -0.4 is 0 Å². The molecule has 0 unspecified atom stereocenters. The Balaban J connectivity index is 0.000000980. The second-order valence-electron chi connectivity index (χ2n) is 5.91. The van der Waals surface area contributed by atoms with Crippen LogP contribution >= 0.6 is 0 Å². The van der Waals surface area contributed by atoms with Crippen LogP contribution in [-0.2, 0) is 17.1 Å². The van der Waals surface area contributed by atoms with Crippen LogP contribution in [0, 0.1) is 0 Å². The molecule has 4 radical (unpaired) electrons. The Bertz CT molecular complexity index is 1080. The van der Waals surface area contributed by atoms with Crippen LogP contribution in [0.4, 0.5) is 0 Å². The maximum atomic E-state index is 4.62. The number of nitrogens with one attached hydrogen (secondary N) is 2. The van der Waals surface area contributed by atoms with Crippen LogP contribution in [0.5, 0.6) is 0 Å². The van der Waals surface area contributed by atoms with E-state index in [0.717, 1.165) is 44.8 Å². The van der Waals surface area contributed by atoms with Crippen LogP contribution in [0.1, 0.15) is 22.8 Å². The van der Waals surface area contributed by atoms with Gasteiger partial charge >= 0.3 is 0 Å². The van der Waals surface area contributed by atoms with E-state index in [0.29, 0.717) is 0 Å². The van der Waals surface area contributed by atoms with Gasteiger partial charge in [0.2, 0.25) is 0 Å². The van der Waals surface area contributed by atoms with E-state index < -0.39 is 0 Å². The zero-order valence-corrected chi connectivity index (χ0v) is 17.1. The molecule has 0 atom stereocenters. The van der Waals surface area contributed by atoms with Gasteiger partial charge < -0.3 is 9.97 Å². The van der Waals surface area contributed by atoms with E-state index in [-0.39, 0.29) is 36.9 Å². The Kier molecular flexibility index (Phi) is 5.39. The van der Waals surface area contributed by atoms with Crippen LogP contribution in [-0.4, -0.2) is 39.7 Å². The van der Waals surface area contributed by atoms with Crippen molar-refractivity contribution in [1.82, 2.24) is 19.9 Å². The molecule has 0 saturated heterocycles. The summed E-state index contributed by atoms with van der Waals surface area (Å²) in [6.07, 6.45) is 8.05. The van der Waals surface area contributed by atoms with Crippen molar-refractivity contribution >= 4 is 66.2 Å². The van der Waals surface area contributed by atoms with E-state index >= 15 is 0 Å². The number of aromatic amines is 2. The minimum Gasteiger partial charge on any atom is -0.355 e. The minimum atomic E-state index is 0. The standard InChI is InChI=1S/C20H14N4.Cu.Ga/c1-2-14-10-16-5-6-18(23-16)12-20-8-7-19(24-20)11-17-4-3-15(22-17)9-13(1)21-14;;/h1-12,21-22H;;. The number of rotatable bonds is 0. The summed E-state index contributed by atoms with van der Waals surface area (Å²) in [5, 5.41) is 0. The van der Waals surface area contributed by atoms with Gasteiger partial charge in [-0.2, -0.15) is 0 Å². The molecule has 26 heavy (non-hydrogen) atoms. The fourth-order valence-corrected chi connectivity index (χ4v) is 2.94. The van der Waals surface area contributed by atoms with Gasteiger partial charge in [-0.05, 0) is 72.8 Å². The summed E-state index contributed by atoms with van der Waals surface area (Å²) >= 11 is 0. The van der Waals surface area contributed by atoms with E-state index in [1.54, 1.807) is 0 Å². The molecular formula is C20H14CuGaN4. The third-order valence-corrected chi connectivity index (χ3v) is 4.04. The second kappa shape index (κ2) is 7.56. The van der Waals surface area contributed by atoms with Crippen LogP contribution in [0.3, 0.4) is 0 Å². The zero-order chi connectivity index (χ0) is 15.9. The van der Waals surface area contributed by atoms with Gasteiger partial charge in [-0.15, -0.1) is 0 Å². The molecule has 0 aliphatic carbocycles. The van der Waals surface area contributed by atoms with Crippen molar-refractivity contribution < 1.29 is 17.1 Å². The van der Waals surface area contributed by atoms with Gasteiger partial charge in [0.15, 0.2) is 0 Å². The maximum absolute atomic E-state index is 4.62. The summed E-state index contributed by atoms with van der Waals surface area (Å²) in [5.74, 6) is 0. The Morgan fingerprint density at radius 1 is 0.500 bits per heavy atom. The number of hydrogen-bond donors (Lipinski definition) is 2. The molecule has 0 saturated carbocycles. The van der Waals surface area contributed by atoms with Crippen molar-refractivity contribution in [3.05, 3.63) is 71.3 Å². The predicted octanol–water partition coefficient (Wildman–Crippen LogP) is 4.27. The summed E-state index contributed by atoms with van der Waals surface area (Å²) in [6, 6.07) is 16.4. The topological polar surface area (TPSA) is 57.4 Å². The number of H-pyrrole nitrogens is 2. The predicted molar refractivity (Wildman–Crippen MR) is 105 cm³/mol. The normalized spacial score (nSPS) is 11.7. The molecule has 3 aromatic rings. The van der Waals surface area contributed by atoms with Crippen molar-refractivity contribution in [2.75, 3.05) is 0 Å². The largest absolute Gasteiger partial charge is 0.355 e. The Hall–Kier alpha value is -2.24. The maximum Gasteiger partial charge on any atom is 0.0659 e. The van der Waals surface area contributed by atoms with E-state index in [9.17, 15) is 0 Å². The van der Waals surface area contributed by atoms with Gasteiger partial charge in [-0.3, -0.25) is 0 Å². The Labute approximate surface area is 174 Å². The number of aromatic nitrogens is 4. The second-order valence-corrected chi connectivity index (χ2v) is 5.91. The molecule has 2 aliphatic rings. The quantitative estimate of drug-likeness (QED) is 0.351. The molecule has 2 N–H and O–H groups in total. The number of nitrogens with zero attached hydrogens (tertiary/aromatic N) is 2. The first-order chi connectivity index (χ1) is 11.8. The number of fused-ring (bicyclic) bond motifs is 8. The molecule has 0 aromatic carbocycles. The molecule has 3 aromatic heterocycles. The van der Waals surface area contributed by atoms with Crippen LogP contribution in [0.2, 0.25) is 0 Å². The van der Waals surface area contributed by atoms with Gasteiger partial charge in [-0.25, -0.2) is 9.97 Å². The number of hydrogen-bond acceptors (Lipinski definition) is 2. The van der Waals surface area contributed by atoms with Gasteiger partial charge in [0, 0.05) is 58.9 Å². The molecule has 0 fully saturated rings. The fraction of sp³-hybridized carbons (Fsp3) is 0. The zero-order valence-electron chi connectivity index (χ0n) is 13.7.